The summed E-state index contributed by atoms with van der Waals surface area (Å²) in [6.07, 6.45) is 7.52. The number of nitrogens with zero attached hydrogens (tertiary/aromatic N) is 5. The highest BCUT2D eigenvalue weighted by Crippen LogP contribution is 2.37. The van der Waals surface area contributed by atoms with E-state index in [2.05, 4.69) is 19.8 Å². The molecule has 1 amide bonds. The summed E-state index contributed by atoms with van der Waals surface area (Å²) in [6.45, 7) is 3.48. The van der Waals surface area contributed by atoms with Gasteiger partial charge in [-0.25, -0.2) is 9.37 Å². The smallest absolute Gasteiger partial charge is 0.274 e. The van der Waals surface area contributed by atoms with Crippen LogP contribution in [0.1, 0.15) is 40.2 Å². The minimum Gasteiger partial charge on any atom is -0.392 e. The second-order valence-electron chi connectivity index (χ2n) is 11.6. The lowest BCUT2D eigenvalue weighted by Gasteiger charge is -2.31. The quantitative estimate of drug-likeness (QED) is 0.346. The maximum Gasteiger partial charge on any atom is 0.274 e. The van der Waals surface area contributed by atoms with Crippen LogP contribution in [0.2, 0.25) is 0 Å². The molecular formula is C33H35FN6O4. The van der Waals surface area contributed by atoms with Gasteiger partial charge in [0.25, 0.3) is 11.5 Å². The van der Waals surface area contributed by atoms with E-state index in [4.69, 9.17) is 4.74 Å². The minimum atomic E-state index is -0.538. The lowest BCUT2D eigenvalue weighted by Crippen LogP contribution is -2.41. The Bertz CT molecular complexity index is 1790. The van der Waals surface area contributed by atoms with Gasteiger partial charge in [0.2, 0.25) is 0 Å². The number of hydrogen-bond donors (Lipinski definition) is 2. The van der Waals surface area contributed by atoms with Crippen LogP contribution in [0.4, 0.5) is 27.3 Å². The molecule has 3 aromatic heterocycles. The summed E-state index contributed by atoms with van der Waals surface area (Å²) in [4.78, 5) is 35.2. The second-order valence-corrected chi connectivity index (χ2v) is 11.6. The monoisotopic (exact) mass is 598 g/mol. The molecule has 4 aromatic rings. The molecule has 1 aromatic carbocycles. The van der Waals surface area contributed by atoms with Gasteiger partial charge in [0.05, 0.1) is 37.4 Å². The molecular weight excluding hydrogens is 563 g/mol. The Morgan fingerprint density at radius 1 is 1.02 bits per heavy atom. The van der Waals surface area contributed by atoms with Gasteiger partial charge in [-0.2, -0.15) is 0 Å². The Hall–Kier alpha value is -4.48. The summed E-state index contributed by atoms with van der Waals surface area (Å²) in [5, 5.41) is 13.7. The van der Waals surface area contributed by atoms with Gasteiger partial charge in [-0.05, 0) is 73.2 Å². The van der Waals surface area contributed by atoms with Gasteiger partial charge in [-0.1, -0.05) is 0 Å². The van der Waals surface area contributed by atoms with E-state index in [0.29, 0.717) is 60.2 Å². The third-order valence-corrected chi connectivity index (χ3v) is 8.94. The van der Waals surface area contributed by atoms with Crippen molar-refractivity contribution in [1.82, 2.24) is 14.1 Å². The standard InChI is InChI=1S/C33H35FN6O4/c1-37-19-22(14-27(32(37)42)36-31-7-6-24(18-35-31)38-10-12-44-13-11-38)25-16-23(34)17-29(26(25)20-41)40-9-8-39-28-5-3-2-4-21(28)15-30(39)33(40)43/h6-7,14-19,41H,2-5,8-13,20H2,1H3,(H,35,36). The van der Waals surface area contributed by atoms with Crippen molar-refractivity contribution in [2.75, 3.05) is 48.0 Å². The molecule has 0 atom stereocenters. The Balaban J connectivity index is 1.22. The lowest BCUT2D eigenvalue weighted by atomic mass is 9.97. The normalized spacial score (nSPS) is 16.6. The molecule has 0 spiro atoms. The van der Waals surface area contributed by atoms with Gasteiger partial charge < -0.3 is 34.1 Å². The van der Waals surface area contributed by atoms with Crippen molar-refractivity contribution in [3.05, 3.63) is 87.5 Å². The number of hydrogen-bond acceptors (Lipinski definition) is 7. The summed E-state index contributed by atoms with van der Waals surface area (Å²) in [5.41, 5.74) is 5.69. The molecule has 10 nitrogen and oxygen atoms in total. The number of ether oxygens (including phenoxy) is 1. The van der Waals surface area contributed by atoms with Crippen LogP contribution < -0.4 is 20.7 Å². The van der Waals surface area contributed by atoms with Crippen molar-refractivity contribution in [1.29, 1.82) is 0 Å². The van der Waals surface area contributed by atoms with Crippen LogP contribution in [0, 0.1) is 5.82 Å². The van der Waals surface area contributed by atoms with Gasteiger partial charge in [-0.3, -0.25) is 9.59 Å². The SMILES string of the molecule is Cn1cc(-c2cc(F)cc(N3CCn4c(cc5c4CCCC5)C3=O)c2CO)cc(Nc2ccc(N3CCOCC3)cn2)c1=O. The predicted octanol–water partition coefficient (Wildman–Crippen LogP) is 4.00. The number of pyridine rings is 2. The van der Waals surface area contributed by atoms with E-state index >= 15 is 4.39 Å². The van der Waals surface area contributed by atoms with E-state index in [9.17, 15) is 14.7 Å². The highest BCUT2D eigenvalue weighted by atomic mass is 19.1. The number of fused-ring (bicyclic) bond motifs is 3. The first-order valence-corrected chi connectivity index (χ1v) is 15.1. The molecule has 228 valence electrons. The maximum absolute atomic E-state index is 15.3. The number of aliphatic hydroxyl groups is 1. The number of rotatable bonds is 6. The van der Waals surface area contributed by atoms with Gasteiger partial charge >= 0.3 is 0 Å². The zero-order valence-electron chi connectivity index (χ0n) is 24.7. The second kappa shape index (κ2) is 11.5. The number of benzene rings is 1. The molecule has 0 bridgehead atoms. The van der Waals surface area contributed by atoms with Crippen LogP contribution >= 0.6 is 0 Å². The summed E-state index contributed by atoms with van der Waals surface area (Å²) >= 11 is 0. The zero-order valence-corrected chi connectivity index (χ0v) is 24.7. The Labute approximate surface area is 254 Å². The van der Waals surface area contributed by atoms with E-state index in [1.807, 2.05) is 18.2 Å². The van der Waals surface area contributed by atoms with Crippen molar-refractivity contribution >= 4 is 28.8 Å². The number of aromatic nitrogens is 3. The molecule has 1 saturated heterocycles. The molecule has 7 rings (SSSR count). The van der Waals surface area contributed by atoms with Crippen LogP contribution in [0.15, 0.2) is 53.6 Å². The molecule has 44 heavy (non-hydrogen) atoms. The summed E-state index contributed by atoms with van der Waals surface area (Å²) in [6, 6.07) is 10.0. The summed E-state index contributed by atoms with van der Waals surface area (Å²) in [7, 11) is 1.62. The van der Waals surface area contributed by atoms with Crippen molar-refractivity contribution < 1.29 is 19.0 Å². The van der Waals surface area contributed by atoms with Gasteiger partial charge in [0.15, 0.2) is 0 Å². The van der Waals surface area contributed by atoms with Crippen molar-refractivity contribution in [3.63, 3.8) is 0 Å². The number of aliphatic hydroxyl groups excluding tert-OH is 1. The Morgan fingerprint density at radius 3 is 2.61 bits per heavy atom. The fourth-order valence-electron chi connectivity index (χ4n) is 6.71. The number of carbonyl (C=O) groups is 1. The molecule has 3 aliphatic rings. The molecule has 2 aliphatic heterocycles. The fraction of sp³-hybridized carbons (Fsp3) is 0.364. The van der Waals surface area contributed by atoms with E-state index in [-0.39, 0.29) is 17.2 Å². The van der Waals surface area contributed by atoms with Gasteiger partial charge in [0.1, 0.15) is 23.0 Å². The molecule has 0 unspecified atom stereocenters. The molecule has 11 heteroatoms. The number of morpholine rings is 1. The van der Waals surface area contributed by atoms with Crippen molar-refractivity contribution in [2.24, 2.45) is 7.05 Å². The zero-order chi connectivity index (χ0) is 30.4. The third-order valence-electron chi connectivity index (χ3n) is 8.94. The van der Waals surface area contributed by atoms with Gasteiger partial charge in [-0.15, -0.1) is 0 Å². The molecule has 5 heterocycles. The molecule has 0 radical (unpaired) electrons. The van der Waals surface area contributed by atoms with Crippen molar-refractivity contribution in [3.8, 4) is 11.1 Å². The topological polar surface area (TPSA) is 105 Å². The molecule has 2 N–H and O–H groups in total. The Morgan fingerprint density at radius 2 is 1.84 bits per heavy atom. The third kappa shape index (κ3) is 5.05. The van der Waals surface area contributed by atoms with E-state index in [1.54, 1.807) is 30.4 Å². The van der Waals surface area contributed by atoms with Crippen molar-refractivity contribution in [2.45, 2.75) is 38.8 Å². The average Bonchev–Trinajstić information content (AvgIpc) is 3.43. The summed E-state index contributed by atoms with van der Waals surface area (Å²) < 4.78 is 24.2. The van der Waals surface area contributed by atoms with Crippen LogP contribution in [0.5, 0.6) is 0 Å². The van der Waals surface area contributed by atoms with Crippen LogP contribution in [-0.4, -0.2) is 58.0 Å². The number of halogens is 1. The summed E-state index contributed by atoms with van der Waals surface area (Å²) in [5.74, 6) is -0.251. The van der Waals surface area contributed by atoms with Crippen LogP contribution in [-0.2, 0) is 37.8 Å². The average molecular weight is 599 g/mol. The lowest BCUT2D eigenvalue weighted by molar-refractivity contribution is 0.0964. The van der Waals surface area contributed by atoms with Crippen LogP contribution in [0.3, 0.4) is 0 Å². The maximum atomic E-state index is 15.3. The molecule has 1 fully saturated rings. The predicted molar refractivity (Wildman–Crippen MR) is 166 cm³/mol. The highest BCUT2D eigenvalue weighted by molar-refractivity contribution is 6.07. The number of carbonyl (C=O) groups excluding carboxylic acids is 1. The number of anilines is 4. The molecule has 1 aliphatic carbocycles. The Kier molecular flexibility index (Phi) is 7.43. The van der Waals surface area contributed by atoms with Gasteiger partial charge in [0, 0.05) is 56.2 Å². The van der Waals surface area contributed by atoms with E-state index in [1.165, 1.54) is 28.0 Å². The van der Waals surface area contributed by atoms with Crippen LogP contribution in [0.25, 0.3) is 11.1 Å². The first-order chi connectivity index (χ1) is 21.4. The minimum absolute atomic E-state index is 0.202. The fourth-order valence-corrected chi connectivity index (χ4v) is 6.71. The van der Waals surface area contributed by atoms with E-state index < -0.39 is 12.4 Å². The molecule has 0 saturated carbocycles. The first-order valence-electron chi connectivity index (χ1n) is 15.1. The first kappa shape index (κ1) is 28.3. The number of amides is 1. The largest absolute Gasteiger partial charge is 0.392 e. The number of aryl methyl sites for hydroxylation is 2. The highest BCUT2D eigenvalue weighted by Gasteiger charge is 2.32. The number of nitrogens with one attached hydrogen (secondary N) is 1. The van der Waals surface area contributed by atoms with E-state index in [0.717, 1.165) is 44.5 Å².